The monoisotopic (exact) mass is 516 g/mol. The van der Waals surface area contributed by atoms with Gasteiger partial charge in [-0.15, -0.1) is 0 Å². The van der Waals surface area contributed by atoms with E-state index >= 15 is 0 Å². The van der Waals surface area contributed by atoms with Gasteiger partial charge in [-0.1, -0.05) is 48.0 Å². The fourth-order valence-electron chi connectivity index (χ4n) is 3.74. The molecule has 4 aromatic carbocycles. The molecular weight excluding hydrogens is 492 g/mol. The Labute approximate surface area is 219 Å². The Hall–Kier alpha value is -4.49. The molecule has 0 radical (unpaired) electrons. The van der Waals surface area contributed by atoms with Crippen LogP contribution in [0.2, 0.25) is 5.02 Å². The topological polar surface area (TPSA) is 96.9 Å². The zero-order chi connectivity index (χ0) is 26.5. The second-order valence-corrected chi connectivity index (χ2v) is 8.70. The van der Waals surface area contributed by atoms with Crippen molar-refractivity contribution in [3.63, 3.8) is 0 Å². The van der Waals surface area contributed by atoms with Crippen LogP contribution in [0.15, 0.2) is 78.9 Å². The molecule has 0 heterocycles. The Balaban J connectivity index is 1.73. The molecule has 3 N–H and O–H groups in total. The number of benzene rings is 4. The van der Waals surface area contributed by atoms with E-state index in [0.717, 1.165) is 11.1 Å². The zero-order valence-corrected chi connectivity index (χ0v) is 21.2. The third-order valence-electron chi connectivity index (χ3n) is 5.89. The number of methoxy groups -OCH3 is 1. The van der Waals surface area contributed by atoms with Crippen LogP contribution >= 0.6 is 11.6 Å². The Morgan fingerprint density at radius 2 is 1.46 bits per heavy atom. The summed E-state index contributed by atoms with van der Waals surface area (Å²) in [4.78, 5) is 24.6. The highest BCUT2D eigenvalue weighted by Crippen LogP contribution is 2.37. The number of carboxylic acid groups (broad SMARTS) is 1. The number of halogens is 1. The third-order valence-corrected chi connectivity index (χ3v) is 6.22. The lowest BCUT2D eigenvalue weighted by Gasteiger charge is -2.17. The molecule has 0 unspecified atom stereocenters. The van der Waals surface area contributed by atoms with Gasteiger partial charge in [0.25, 0.3) is 0 Å². The summed E-state index contributed by atoms with van der Waals surface area (Å²) in [6.07, 6.45) is 0. The van der Waals surface area contributed by atoms with E-state index in [1.54, 1.807) is 54.6 Å². The maximum absolute atomic E-state index is 12.9. The van der Waals surface area contributed by atoms with E-state index in [9.17, 15) is 14.7 Å². The summed E-state index contributed by atoms with van der Waals surface area (Å²) >= 11 is 6.19. The Bertz CT molecular complexity index is 1490. The molecule has 0 atom stereocenters. The summed E-state index contributed by atoms with van der Waals surface area (Å²) in [6, 6.07) is 22.2. The molecular formula is C29H25ClN2O5. The fraction of sp³-hybridized carbons (Fsp3) is 0.103. The van der Waals surface area contributed by atoms with Crippen LogP contribution in [0.25, 0.3) is 11.1 Å². The second kappa shape index (κ2) is 11.1. The number of amides is 2. The second-order valence-electron chi connectivity index (χ2n) is 8.29. The van der Waals surface area contributed by atoms with Crippen LogP contribution in [0.3, 0.4) is 0 Å². The van der Waals surface area contributed by atoms with Crippen LogP contribution < -0.4 is 20.1 Å². The van der Waals surface area contributed by atoms with Crippen LogP contribution in [0.4, 0.5) is 16.2 Å². The molecule has 0 saturated heterocycles. The van der Waals surface area contributed by atoms with E-state index in [0.29, 0.717) is 39.0 Å². The van der Waals surface area contributed by atoms with Crippen molar-refractivity contribution in [3.05, 3.63) is 101 Å². The predicted molar refractivity (Wildman–Crippen MR) is 145 cm³/mol. The number of carboxylic acids is 1. The lowest BCUT2D eigenvalue weighted by Crippen LogP contribution is -2.20. The van der Waals surface area contributed by atoms with E-state index in [-0.39, 0.29) is 11.3 Å². The first-order valence-electron chi connectivity index (χ1n) is 11.4. The number of ether oxygens (including phenoxy) is 2. The van der Waals surface area contributed by atoms with Gasteiger partial charge in [-0.05, 0) is 78.6 Å². The first-order valence-corrected chi connectivity index (χ1v) is 11.8. The molecule has 0 aliphatic heterocycles. The largest absolute Gasteiger partial charge is 0.496 e. The van der Waals surface area contributed by atoms with Crippen LogP contribution in [0, 0.1) is 13.8 Å². The first-order chi connectivity index (χ1) is 17.8. The van der Waals surface area contributed by atoms with E-state index in [2.05, 4.69) is 10.6 Å². The van der Waals surface area contributed by atoms with Crippen molar-refractivity contribution in [1.29, 1.82) is 0 Å². The summed E-state index contributed by atoms with van der Waals surface area (Å²) in [7, 11) is 1.42. The minimum atomic E-state index is -1.11. The predicted octanol–water partition coefficient (Wildman–Crippen LogP) is 7.77. The van der Waals surface area contributed by atoms with Crippen molar-refractivity contribution < 1.29 is 24.2 Å². The highest BCUT2D eigenvalue weighted by atomic mass is 35.5. The van der Waals surface area contributed by atoms with Gasteiger partial charge in [-0.3, -0.25) is 0 Å². The van der Waals surface area contributed by atoms with Crippen LogP contribution in [0.5, 0.6) is 17.2 Å². The number of anilines is 2. The molecule has 37 heavy (non-hydrogen) atoms. The Morgan fingerprint density at radius 1 is 0.784 bits per heavy atom. The lowest BCUT2D eigenvalue weighted by molar-refractivity contribution is 0.0693. The highest BCUT2D eigenvalue weighted by Gasteiger charge is 2.16. The molecule has 0 saturated carbocycles. The van der Waals surface area contributed by atoms with Gasteiger partial charge in [0, 0.05) is 0 Å². The number of aromatic carboxylic acids is 1. The van der Waals surface area contributed by atoms with Crippen molar-refractivity contribution >= 4 is 35.0 Å². The van der Waals surface area contributed by atoms with Crippen molar-refractivity contribution in [2.24, 2.45) is 0 Å². The van der Waals surface area contributed by atoms with Gasteiger partial charge in [0.15, 0.2) is 5.75 Å². The molecule has 8 heteroatoms. The van der Waals surface area contributed by atoms with Crippen LogP contribution in [-0.4, -0.2) is 24.2 Å². The van der Waals surface area contributed by atoms with E-state index in [4.69, 9.17) is 21.1 Å². The highest BCUT2D eigenvalue weighted by molar-refractivity contribution is 6.33. The molecule has 2 amide bonds. The van der Waals surface area contributed by atoms with Crippen molar-refractivity contribution in [3.8, 4) is 28.4 Å². The van der Waals surface area contributed by atoms with Gasteiger partial charge in [0.2, 0.25) is 0 Å². The van der Waals surface area contributed by atoms with Gasteiger partial charge < -0.3 is 25.2 Å². The van der Waals surface area contributed by atoms with Gasteiger partial charge in [0.1, 0.15) is 17.1 Å². The molecule has 0 aliphatic carbocycles. The minimum Gasteiger partial charge on any atom is -0.496 e. The Kier molecular flexibility index (Phi) is 7.65. The van der Waals surface area contributed by atoms with Crippen LogP contribution in [0.1, 0.15) is 21.5 Å². The fourth-order valence-corrected chi connectivity index (χ4v) is 3.93. The van der Waals surface area contributed by atoms with E-state index in [1.165, 1.54) is 13.2 Å². The summed E-state index contributed by atoms with van der Waals surface area (Å²) in [5, 5.41) is 15.6. The van der Waals surface area contributed by atoms with E-state index in [1.807, 2.05) is 32.0 Å². The molecule has 4 rings (SSSR count). The quantitative estimate of drug-likeness (QED) is 0.233. The summed E-state index contributed by atoms with van der Waals surface area (Å²) in [5.41, 5.74) is 4.21. The molecule has 0 bridgehead atoms. The summed E-state index contributed by atoms with van der Waals surface area (Å²) in [6.45, 7) is 3.95. The molecule has 4 aromatic rings. The maximum Gasteiger partial charge on any atom is 0.339 e. The minimum absolute atomic E-state index is 0.0293. The molecule has 0 fully saturated rings. The number of aryl methyl sites for hydroxylation is 1. The number of hydrogen-bond acceptors (Lipinski definition) is 4. The smallest absolute Gasteiger partial charge is 0.339 e. The molecule has 0 aliphatic rings. The number of hydrogen-bond donors (Lipinski definition) is 3. The SMILES string of the molecule is COc1ccc(-c2ccc(Oc3cccc(C)c3C)c(NC(=O)Nc3ccccc3Cl)c2)cc1C(=O)O. The van der Waals surface area contributed by atoms with E-state index < -0.39 is 12.0 Å². The number of carbonyl (C=O) groups is 2. The third kappa shape index (κ3) is 5.85. The van der Waals surface area contributed by atoms with Crippen molar-refractivity contribution in [2.45, 2.75) is 13.8 Å². The number of para-hydroxylation sites is 1. The standard InChI is InChI=1S/C29H25ClN2O5/c1-17-7-6-10-25(18(17)2)37-27-14-12-20(19-11-13-26(36-3)21(15-19)28(33)34)16-24(27)32-29(35)31-23-9-5-4-8-22(23)30/h4-16H,1-3H3,(H,33,34)(H2,31,32,35). The average Bonchev–Trinajstić information content (AvgIpc) is 2.88. The first kappa shape index (κ1) is 25.6. The van der Waals surface area contributed by atoms with Gasteiger partial charge in [-0.2, -0.15) is 0 Å². The molecule has 0 aromatic heterocycles. The normalized spacial score (nSPS) is 10.5. The number of carbonyl (C=O) groups excluding carboxylic acids is 1. The molecule has 0 spiro atoms. The number of rotatable bonds is 7. The number of urea groups is 1. The van der Waals surface area contributed by atoms with Crippen LogP contribution in [-0.2, 0) is 0 Å². The molecule has 188 valence electrons. The van der Waals surface area contributed by atoms with Gasteiger partial charge in [-0.25, -0.2) is 9.59 Å². The molecule has 7 nitrogen and oxygen atoms in total. The average molecular weight is 517 g/mol. The summed E-state index contributed by atoms with van der Waals surface area (Å²) in [5.74, 6) is 0.216. The number of nitrogens with one attached hydrogen (secondary N) is 2. The Morgan fingerprint density at radius 3 is 2.16 bits per heavy atom. The van der Waals surface area contributed by atoms with Gasteiger partial charge >= 0.3 is 12.0 Å². The zero-order valence-electron chi connectivity index (χ0n) is 20.5. The van der Waals surface area contributed by atoms with Crippen molar-refractivity contribution in [2.75, 3.05) is 17.7 Å². The maximum atomic E-state index is 12.9. The lowest BCUT2D eigenvalue weighted by atomic mass is 10.0. The van der Waals surface area contributed by atoms with Gasteiger partial charge in [0.05, 0.1) is 23.5 Å². The summed E-state index contributed by atoms with van der Waals surface area (Å²) < 4.78 is 11.4. The van der Waals surface area contributed by atoms with Crippen molar-refractivity contribution in [1.82, 2.24) is 0 Å².